The molecule has 132 valence electrons. The van der Waals surface area contributed by atoms with Gasteiger partial charge < -0.3 is 5.32 Å². The zero-order chi connectivity index (χ0) is 18.3. The normalized spacial score (nSPS) is 13.7. The molecule has 3 aromatic rings. The van der Waals surface area contributed by atoms with Crippen molar-refractivity contribution in [2.24, 2.45) is 0 Å². The number of aryl methyl sites for hydroxylation is 2. The predicted molar refractivity (Wildman–Crippen MR) is 105 cm³/mol. The summed E-state index contributed by atoms with van der Waals surface area (Å²) in [5.74, 6) is 0.216. The first kappa shape index (κ1) is 16.9. The molecule has 1 aliphatic carbocycles. The molecule has 0 saturated heterocycles. The van der Waals surface area contributed by atoms with Crippen LogP contribution in [0.15, 0.2) is 42.5 Å². The van der Waals surface area contributed by atoms with Crippen molar-refractivity contribution in [1.29, 1.82) is 0 Å². The Morgan fingerprint density at radius 2 is 1.96 bits per heavy atom. The Balaban J connectivity index is 1.76. The number of benzene rings is 2. The molecule has 2 aromatic carbocycles. The molecular weight excluding hydrogens is 346 g/mol. The lowest BCUT2D eigenvalue weighted by Crippen LogP contribution is -2.14. The van der Waals surface area contributed by atoms with Gasteiger partial charge in [0.1, 0.15) is 5.69 Å². The van der Waals surface area contributed by atoms with Gasteiger partial charge in [-0.2, -0.15) is 5.10 Å². The van der Waals surface area contributed by atoms with Gasteiger partial charge in [0.25, 0.3) is 5.91 Å². The second-order valence-electron chi connectivity index (χ2n) is 6.89. The fourth-order valence-corrected chi connectivity index (χ4v) is 3.47. The summed E-state index contributed by atoms with van der Waals surface area (Å²) in [5.41, 5.74) is 6.37. The fraction of sp³-hybridized carbons (Fsp3) is 0.238. The van der Waals surface area contributed by atoms with Gasteiger partial charge in [0.05, 0.1) is 22.0 Å². The zero-order valence-electron chi connectivity index (χ0n) is 14.8. The maximum atomic E-state index is 12.8. The third-order valence-electron chi connectivity index (χ3n) is 4.77. The number of carbonyl (C=O) groups is 1. The van der Waals surface area contributed by atoms with Crippen LogP contribution in [-0.2, 0) is 0 Å². The molecule has 0 bridgehead atoms. The summed E-state index contributed by atoms with van der Waals surface area (Å²) in [6.45, 7) is 4.13. The maximum Gasteiger partial charge on any atom is 0.257 e. The molecular formula is C21H20ClN3O. The lowest BCUT2D eigenvalue weighted by molar-refractivity contribution is 0.102. The fourth-order valence-electron chi connectivity index (χ4n) is 3.25. The van der Waals surface area contributed by atoms with Gasteiger partial charge >= 0.3 is 0 Å². The number of aromatic nitrogens is 2. The number of amides is 1. The van der Waals surface area contributed by atoms with E-state index in [2.05, 4.69) is 47.6 Å². The highest BCUT2D eigenvalue weighted by molar-refractivity contribution is 6.34. The Hall–Kier alpha value is -2.59. The number of hydrogen-bond acceptors (Lipinski definition) is 2. The highest BCUT2D eigenvalue weighted by Gasteiger charge is 2.31. The lowest BCUT2D eigenvalue weighted by atomic mass is 10.0. The number of rotatable bonds is 4. The molecule has 0 radical (unpaired) electrons. The van der Waals surface area contributed by atoms with E-state index in [0.717, 1.165) is 41.0 Å². The summed E-state index contributed by atoms with van der Waals surface area (Å²) in [5, 5.41) is 11.2. The molecule has 1 aromatic heterocycles. The van der Waals surface area contributed by atoms with Gasteiger partial charge in [-0.15, -0.1) is 0 Å². The van der Waals surface area contributed by atoms with Crippen molar-refractivity contribution >= 4 is 23.2 Å². The smallest absolute Gasteiger partial charge is 0.257 e. The maximum absolute atomic E-state index is 12.8. The molecule has 0 atom stereocenters. The number of nitrogens with zero attached hydrogens (tertiary/aromatic N) is 1. The molecule has 1 fully saturated rings. The van der Waals surface area contributed by atoms with Crippen LogP contribution >= 0.6 is 11.6 Å². The molecule has 4 nitrogen and oxygen atoms in total. The first-order valence-electron chi connectivity index (χ1n) is 8.76. The average molecular weight is 366 g/mol. The Labute approximate surface area is 157 Å². The van der Waals surface area contributed by atoms with Crippen LogP contribution in [0.3, 0.4) is 0 Å². The van der Waals surface area contributed by atoms with E-state index in [1.54, 1.807) is 12.1 Å². The minimum atomic E-state index is -0.218. The zero-order valence-corrected chi connectivity index (χ0v) is 15.5. The second kappa shape index (κ2) is 6.61. The van der Waals surface area contributed by atoms with Gasteiger partial charge in [0.15, 0.2) is 0 Å². The predicted octanol–water partition coefficient (Wildman–Crippen LogP) is 5.48. The quantitative estimate of drug-likeness (QED) is 0.643. The molecule has 4 rings (SSSR count). The topological polar surface area (TPSA) is 57.8 Å². The SMILES string of the molecule is Cc1ccc(-c2n[nH]c(C3CC3)c2NC(=O)c2ccccc2Cl)c(C)c1. The number of hydrogen-bond donors (Lipinski definition) is 2. The van der Waals surface area contributed by atoms with E-state index in [-0.39, 0.29) is 5.91 Å². The van der Waals surface area contributed by atoms with Gasteiger partial charge in [-0.25, -0.2) is 0 Å². The number of nitrogens with one attached hydrogen (secondary N) is 2. The molecule has 1 heterocycles. The highest BCUT2D eigenvalue weighted by atomic mass is 35.5. The summed E-state index contributed by atoms with van der Waals surface area (Å²) < 4.78 is 0. The van der Waals surface area contributed by atoms with E-state index in [1.807, 2.05) is 12.1 Å². The number of halogens is 1. The number of anilines is 1. The summed E-state index contributed by atoms with van der Waals surface area (Å²) in [6.07, 6.45) is 2.23. The van der Waals surface area contributed by atoms with Crippen molar-refractivity contribution < 1.29 is 4.79 Å². The van der Waals surface area contributed by atoms with Gasteiger partial charge in [-0.1, -0.05) is 47.5 Å². The van der Waals surface area contributed by atoms with Crippen LogP contribution in [0, 0.1) is 13.8 Å². The standard InChI is InChI=1S/C21H20ClN3O/c1-12-7-10-15(13(2)11-12)19-20(18(24-25-19)14-8-9-14)23-21(26)16-5-3-4-6-17(16)22/h3-7,10-11,14H,8-9H2,1-2H3,(H,23,26)(H,24,25). The monoisotopic (exact) mass is 365 g/mol. The van der Waals surface area contributed by atoms with Crippen LogP contribution in [0.2, 0.25) is 5.02 Å². The van der Waals surface area contributed by atoms with E-state index in [9.17, 15) is 4.79 Å². The highest BCUT2D eigenvalue weighted by Crippen LogP contribution is 2.45. The minimum absolute atomic E-state index is 0.218. The number of H-pyrrole nitrogens is 1. The van der Waals surface area contributed by atoms with Crippen LogP contribution in [0.25, 0.3) is 11.3 Å². The number of carbonyl (C=O) groups excluding carboxylic acids is 1. The summed E-state index contributed by atoms with van der Waals surface area (Å²) in [6, 6.07) is 13.3. The van der Waals surface area contributed by atoms with Gasteiger partial charge in [-0.3, -0.25) is 9.89 Å². The molecule has 0 spiro atoms. The number of aromatic amines is 1. The van der Waals surface area contributed by atoms with E-state index in [4.69, 9.17) is 11.6 Å². The lowest BCUT2D eigenvalue weighted by Gasteiger charge is -2.11. The third kappa shape index (κ3) is 3.13. The molecule has 1 amide bonds. The van der Waals surface area contributed by atoms with E-state index in [1.165, 1.54) is 5.56 Å². The molecule has 0 unspecified atom stereocenters. The average Bonchev–Trinajstić information content (AvgIpc) is 3.37. The van der Waals surface area contributed by atoms with Crippen LogP contribution in [0.4, 0.5) is 5.69 Å². The van der Waals surface area contributed by atoms with Gasteiger partial charge in [-0.05, 0) is 44.4 Å². The van der Waals surface area contributed by atoms with E-state index in [0.29, 0.717) is 16.5 Å². The van der Waals surface area contributed by atoms with E-state index < -0.39 is 0 Å². The minimum Gasteiger partial charge on any atom is -0.318 e. The van der Waals surface area contributed by atoms with Crippen molar-refractivity contribution in [2.75, 3.05) is 5.32 Å². The summed E-state index contributed by atoms with van der Waals surface area (Å²) in [7, 11) is 0. The van der Waals surface area contributed by atoms with E-state index >= 15 is 0 Å². The van der Waals surface area contributed by atoms with Crippen LogP contribution < -0.4 is 5.32 Å². The first-order valence-corrected chi connectivity index (χ1v) is 9.14. The molecule has 2 N–H and O–H groups in total. The first-order chi connectivity index (χ1) is 12.5. The molecule has 1 aliphatic rings. The molecule has 0 aliphatic heterocycles. The Bertz CT molecular complexity index is 989. The molecule has 5 heteroatoms. The Morgan fingerprint density at radius 3 is 2.65 bits per heavy atom. The third-order valence-corrected chi connectivity index (χ3v) is 5.10. The van der Waals surface area contributed by atoms with Crippen molar-refractivity contribution in [2.45, 2.75) is 32.6 Å². The Morgan fingerprint density at radius 1 is 1.19 bits per heavy atom. The second-order valence-corrected chi connectivity index (χ2v) is 7.29. The van der Waals surface area contributed by atoms with Gasteiger partial charge in [0.2, 0.25) is 0 Å². The van der Waals surface area contributed by atoms with Crippen LogP contribution in [0.5, 0.6) is 0 Å². The van der Waals surface area contributed by atoms with Gasteiger partial charge in [0, 0.05) is 11.5 Å². The summed E-state index contributed by atoms with van der Waals surface area (Å²) in [4.78, 5) is 12.8. The van der Waals surface area contributed by atoms with Crippen LogP contribution in [-0.4, -0.2) is 16.1 Å². The van der Waals surface area contributed by atoms with Crippen molar-refractivity contribution in [3.63, 3.8) is 0 Å². The largest absolute Gasteiger partial charge is 0.318 e. The molecule has 26 heavy (non-hydrogen) atoms. The molecule has 1 saturated carbocycles. The Kier molecular flexibility index (Phi) is 4.29. The summed E-state index contributed by atoms with van der Waals surface area (Å²) >= 11 is 6.19. The van der Waals surface area contributed by atoms with Crippen molar-refractivity contribution in [3.05, 3.63) is 69.9 Å². The van der Waals surface area contributed by atoms with Crippen molar-refractivity contribution in [1.82, 2.24) is 10.2 Å². The van der Waals surface area contributed by atoms with Crippen molar-refractivity contribution in [3.8, 4) is 11.3 Å². The van der Waals surface area contributed by atoms with Crippen LogP contribution in [0.1, 0.15) is 45.9 Å².